The summed E-state index contributed by atoms with van der Waals surface area (Å²) in [5.41, 5.74) is 0.521. The lowest BCUT2D eigenvalue weighted by molar-refractivity contribution is -0.144. The lowest BCUT2D eigenvalue weighted by Crippen LogP contribution is -2.57. The maximum atomic E-state index is 14.4. The van der Waals surface area contributed by atoms with Crippen LogP contribution >= 0.6 is 12.4 Å². The maximum absolute atomic E-state index is 14.4. The summed E-state index contributed by atoms with van der Waals surface area (Å²) in [6.07, 6.45) is 0.375. The van der Waals surface area contributed by atoms with Gasteiger partial charge >= 0.3 is 0 Å². The molecule has 1 aliphatic heterocycles. The van der Waals surface area contributed by atoms with Gasteiger partial charge in [0.2, 0.25) is 0 Å². The molecule has 2 N–H and O–H groups in total. The molecule has 0 radical (unpaired) electrons. The highest BCUT2D eigenvalue weighted by molar-refractivity contribution is 5.85. The fourth-order valence-corrected chi connectivity index (χ4v) is 4.68. The first-order chi connectivity index (χ1) is 12.5. The average molecular weight is 403 g/mol. The number of rotatable bonds is 4. The summed E-state index contributed by atoms with van der Waals surface area (Å²) in [6.45, 7) is 1.62. The molecule has 2 unspecified atom stereocenters. The van der Waals surface area contributed by atoms with Gasteiger partial charge in [-0.25, -0.2) is 18.2 Å². The van der Waals surface area contributed by atoms with Crippen molar-refractivity contribution in [2.45, 2.75) is 31.3 Å². The van der Waals surface area contributed by atoms with Gasteiger partial charge in [0.1, 0.15) is 11.4 Å². The number of fused-ring (bicyclic) bond motifs is 2. The molecule has 2 aromatic rings. The molecule has 2 aliphatic rings. The second-order valence-corrected chi connectivity index (χ2v) is 7.05. The Labute approximate surface area is 161 Å². The summed E-state index contributed by atoms with van der Waals surface area (Å²) < 4.78 is 46.0. The number of halogens is 4. The van der Waals surface area contributed by atoms with Crippen molar-refractivity contribution in [3.63, 3.8) is 0 Å². The van der Waals surface area contributed by atoms with E-state index in [0.717, 1.165) is 37.9 Å². The van der Waals surface area contributed by atoms with E-state index in [1.807, 2.05) is 0 Å². The van der Waals surface area contributed by atoms with Crippen molar-refractivity contribution in [3.8, 4) is 11.4 Å². The summed E-state index contributed by atoms with van der Waals surface area (Å²) in [7, 11) is 1.67. The molecule has 1 aliphatic carbocycles. The van der Waals surface area contributed by atoms with E-state index >= 15 is 0 Å². The summed E-state index contributed by atoms with van der Waals surface area (Å²) >= 11 is 0. The standard InChI is InChI=1S/C18H21F3N4O.ClH/c1-26-18(11-3-2-4-12(18)9-22-8-11)13-5-10(6-14(19)7-13)16-23-17(15(20)21)25-24-16;/h5-7,11-12,15,22H,2-4,8-9H2,1H3,(H,23,24,25);1H. The topological polar surface area (TPSA) is 62.8 Å². The third-order valence-electron chi connectivity index (χ3n) is 5.75. The van der Waals surface area contributed by atoms with Gasteiger partial charge in [-0.1, -0.05) is 6.42 Å². The second kappa shape index (κ2) is 7.77. The molecule has 2 fully saturated rings. The van der Waals surface area contributed by atoms with Crippen molar-refractivity contribution in [1.82, 2.24) is 20.5 Å². The average Bonchev–Trinajstić information content (AvgIpc) is 3.10. The monoisotopic (exact) mass is 402 g/mol. The Morgan fingerprint density at radius 1 is 1.19 bits per heavy atom. The van der Waals surface area contributed by atoms with Crippen LogP contribution in [0.3, 0.4) is 0 Å². The third kappa shape index (κ3) is 3.34. The molecular weight excluding hydrogens is 381 g/mol. The van der Waals surface area contributed by atoms with Crippen LogP contribution in [-0.4, -0.2) is 35.4 Å². The molecule has 148 valence electrons. The van der Waals surface area contributed by atoms with Crippen LogP contribution in [0.2, 0.25) is 0 Å². The molecule has 4 rings (SSSR count). The molecule has 9 heteroatoms. The third-order valence-corrected chi connectivity index (χ3v) is 5.75. The Morgan fingerprint density at radius 3 is 2.48 bits per heavy atom. The SMILES string of the molecule is COC1(c2cc(F)cc(-c3n[nH]c(C(F)F)n3)c2)C2CCCC1CNC2.Cl. The minimum Gasteiger partial charge on any atom is -0.373 e. The number of hydrogen-bond donors (Lipinski definition) is 2. The smallest absolute Gasteiger partial charge is 0.296 e. The minimum absolute atomic E-state index is 0. The van der Waals surface area contributed by atoms with Gasteiger partial charge < -0.3 is 10.1 Å². The van der Waals surface area contributed by atoms with Gasteiger partial charge in [-0.3, -0.25) is 5.10 Å². The van der Waals surface area contributed by atoms with Crippen LogP contribution < -0.4 is 5.32 Å². The van der Waals surface area contributed by atoms with E-state index in [4.69, 9.17) is 4.74 Å². The van der Waals surface area contributed by atoms with Gasteiger partial charge in [0.25, 0.3) is 6.43 Å². The lowest BCUT2D eigenvalue weighted by Gasteiger charge is -2.52. The number of piperidine rings is 1. The number of H-pyrrole nitrogens is 1. The zero-order valence-electron chi connectivity index (χ0n) is 14.8. The highest BCUT2D eigenvalue weighted by Gasteiger charge is 2.51. The van der Waals surface area contributed by atoms with Crippen molar-refractivity contribution < 1.29 is 17.9 Å². The molecule has 27 heavy (non-hydrogen) atoms. The summed E-state index contributed by atoms with van der Waals surface area (Å²) in [4.78, 5) is 3.79. The van der Waals surface area contributed by atoms with E-state index in [2.05, 4.69) is 20.5 Å². The first kappa shape index (κ1) is 20.1. The zero-order chi connectivity index (χ0) is 18.3. The molecular formula is C18H22ClF3N4O. The zero-order valence-corrected chi connectivity index (χ0v) is 15.7. The quantitative estimate of drug-likeness (QED) is 0.815. The number of methoxy groups -OCH3 is 1. The van der Waals surface area contributed by atoms with Gasteiger partial charge in [0.05, 0.1) is 0 Å². The molecule has 2 bridgehead atoms. The minimum atomic E-state index is -2.75. The number of nitrogens with one attached hydrogen (secondary N) is 2. The van der Waals surface area contributed by atoms with Gasteiger partial charge in [-0.05, 0) is 36.6 Å². The maximum Gasteiger partial charge on any atom is 0.296 e. The van der Waals surface area contributed by atoms with Gasteiger partial charge in [0.15, 0.2) is 11.6 Å². The second-order valence-electron chi connectivity index (χ2n) is 7.05. The number of nitrogens with zero attached hydrogens (tertiary/aromatic N) is 2. The van der Waals surface area contributed by atoms with Crippen LogP contribution in [0, 0.1) is 17.7 Å². The van der Waals surface area contributed by atoms with Gasteiger partial charge in [-0.2, -0.15) is 5.10 Å². The van der Waals surface area contributed by atoms with Crippen LogP contribution in [0.5, 0.6) is 0 Å². The largest absolute Gasteiger partial charge is 0.373 e. The Bertz CT molecular complexity index is 779. The number of ether oxygens (including phenoxy) is 1. The predicted molar refractivity (Wildman–Crippen MR) is 96.4 cm³/mol. The van der Waals surface area contributed by atoms with Crippen molar-refractivity contribution in [2.75, 3.05) is 20.2 Å². The molecule has 2 atom stereocenters. The fourth-order valence-electron chi connectivity index (χ4n) is 4.68. The van der Waals surface area contributed by atoms with E-state index in [1.165, 1.54) is 12.1 Å². The number of alkyl halides is 2. The summed E-state index contributed by atoms with van der Waals surface area (Å²) in [5.74, 6) is -0.442. The van der Waals surface area contributed by atoms with Crippen molar-refractivity contribution in [3.05, 3.63) is 35.4 Å². The fraction of sp³-hybridized carbons (Fsp3) is 0.556. The lowest BCUT2D eigenvalue weighted by atomic mass is 9.62. The molecule has 2 heterocycles. The van der Waals surface area contributed by atoms with Gasteiger partial charge in [0, 0.05) is 37.6 Å². The Kier molecular flexibility index (Phi) is 5.79. The van der Waals surface area contributed by atoms with Crippen LogP contribution in [0.25, 0.3) is 11.4 Å². The molecule has 5 nitrogen and oxygen atoms in total. The molecule has 1 saturated heterocycles. The number of aromatic nitrogens is 3. The van der Waals surface area contributed by atoms with E-state index < -0.39 is 23.7 Å². The number of aromatic amines is 1. The van der Waals surface area contributed by atoms with Crippen LogP contribution in [0.15, 0.2) is 18.2 Å². The predicted octanol–water partition coefficient (Wildman–Crippen LogP) is 3.83. The van der Waals surface area contributed by atoms with Crippen LogP contribution in [0.1, 0.15) is 37.1 Å². The Hall–Kier alpha value is -1.64. The van der Waals surface area contributed by atoms with Gasteiger partial charge in [-0.15, -0.1) is 12.4 Å². The highest BCUT2D eigenvalue weighted by atomic mass is 35.5. The first-order valence-electron chi connectivity index (χ1n) is 8.82. The molecule has 1 saturated carbocycles. The van der Waals surface area contributed by atoms with Crippen LogP contribution in [0.4, 0.5) is 13.2 Å². The van der Waals surface area contributed by atoms with Crippen LogP contribution in [-0.2, 0) is 10.3 Å². The van der Waals surface area contributed by atoms with Crippen molar-refractivity contribution in [2.24, 2.45) is 11.8 Å². The van der Waals surface area contributed by atoms with E-state index in [9.17, 15) is 13.2 Å². The molecule has 1 aromatic heterocycles. The normalized spacial score (nSPS) is 27.4. The number of hydrogen-bond acceptors (Lipinski definition) is 4. The Balaban J connectivity index is 0.00000210. The van der Waals surface area contributed by atoms with E-state index in [1.54, 1.807) is 13.2 Å². The van der Waals surface area contributed by atoms with E-state index in [-0.39, 0.29) is 30.1 Å². The Morgan fingerprint density at radius 2 is 1.89 bits per heavy atom. The van der Waals surface area contributed by atoms with Crippen molar-refractivity contribution in [1.29, 1.82) is 0 Å². The first-order valence-corrected chi connectivity index (χ1v) is 8.82. The number of benzene rings is 1. The van der Waals surface area contributed by atoms with Crippen molar-refractivity contribution >= 4 is 12.4 Å². The van der Waals surface area contributed by atoms with E-state index in [0.29, 0.717) is 5.56 Å². The molecule has 1 aromatic carbocycles. The summed E-state index contributed by atoms with van der Waals surface area (Å²) in [5, 5.41) is 9.47. The molecule has 0 amide bonds. The summed E-state index contributed by atoms with van der Waals surface area (Å²) in [6, 6.07) is 4.54. The highest BCUT2D eigenvalue weighted by Crippen LogP contribution is 2.50. The molecule has 0 spiro atoms.